The van der Waals surface area contributed by atoms with Crippen molar-refractivity contribution in [3.8, 4) is 11.5 Å². The number of aryl methyl sites for hydroxylation is 2. The Morgan fingerprint density at radius 3 is 2.55 bits per heavy atom. The largest absolute Gasteiger partial charge is 0.507 e. The maximum atomic E-state index is 11.9. The van der Waals surface area contributed by atoms with Gasteiger partial charge in [-0.15, -0.1) is 0 Å². The van der Waals surface area contributed by atoms with Gasteiger partial charge in [0.2, 0.25) is 0 Å². The van der Waals surface area contributed by atoms with Crippen molar-refractivity contribution in [3.63, 3.8) is 0 Å². The zero-order valence-electron chi connectivity index (χ0n) is 17.0. The van der Waals surface area contributed by atoms with Crippen LogP contribution in [0.3, 0.4) is 0 Å². The molecule has 3 rings (SSSR count). The fraction of sp³-hybridized carbons (Fsp3) is 0.130. The zero-order chi connectivity index (χ0) is 22.2. The highest BCUT2D eigenvalue weighted by Gasteiger charge is 2.04. The Labute approximate surface area is 188 Å². The Bertz CT molecular complexity index is 1150. The fourth-order valence-corrected chi connectivity index (χ4v) is 2.91. The molecule has 31 heavy (non-hydrogen) atoms. The number of hydrazone groups is 1. The maximum Gasteiger partial charge on any atom is 0.277 e. The molecule has 0 bridgehead atoms. The van der Waals surface area contributed by atoms with Crippen molar-refractivity contribution < 1.29 is 14.6 Å². The summed E-state index contributed by atoms with van der Waals surface area (Å²) in [5, 5.41) is 22.2. The van der Waals surface area contributed by atoms with Gasteiger partial charge in [0.15, 0.2) is 6.61 Å². The molecule has 0 unspecified atom stereocenters. The lowest BCUT2D eigenvalue weighted by Gasteiger charge is -2.07. The van der Waals surface area contributed by atoms with E-state index >= 15 is 0 Å². The van der Waals surface area contributed by atoms with Gasteiger partial charge in [-0.2, -0.15) is 15.3 Å². The maximum absolute atomic E-state index is 11.9. The lowest BCUT2D eigenvalue weighted by molar-refractivity contribution is -0.123. The number of hydrogen-bond donors (Lipinski definition) is 2. The number of carbonyl (C=O) groups excluding carboxylic acids is 1. The molecule has 0 aliphatic carbocycles. The van der Waals surface area contributed by atoms with Crippen LogP contribution in [0.4, 0.5) is 11.4 Å². The molecule has 0 fully saturated rings. The topological polar surface area (TPSA) is 95.6 Å². The van der Waals surface area contributed by atoms with Crippen LogP contribution in [0, 0.1) is 13.8 Å². The Balaban J connectivity index is 1.57. The van der Waals surface area contributed by atoms with Crippen LogP contribution in [0.25, 0.3) is 0 Å². The highest BCUT2D eigenvalue weighted by atomic mass is 79.9. The van der Waals surface area contributed by atoms with E-state index in [2.05, 4.69) is 36.7 Å². The molecule has 0 radical (unpaired) electrons. The molecule has 0 atom stereocenters. The molecule has 8 heteroatoms. The lowest BCUT2D eigenvalue weighted by Crippen LogP contribution is -2.24. The highest BCUT2D eigenvalue weighted by molar-refractivity contribution is 9.10. The number of benzene rings is 3. The second-order valence-corrected chi connectivity index (χ2v) is 7.67. The van der Waals surface area contributed by atoms with Gasteiger partial charge >= 0.3 is 0 Å². The molecular weight excluding hydrogens is 460 g/mol. The van der Waals surface area contributed by atoms with Crippen LogP contribution in [0.1, 0.15) is 16.7 Å². The monoisotopic (exact) mass is 480 g/mol. The van der Waals surface area contributed by atoms with E-state index in [9.17, 15) is 9.90 Å². The second-order valence-electron chi connectivity index (χ2n) is 6.75. The average Bonchev–Trinajstić information content (AvgIpc) is 2.75. The summed E-state index contributed by atoms with van der Waals surface area (Å²) in [6.07, 6.45) is 1.33. The average molecular weight is 481 g/mol. The normalized spacial score (nSPS) is 11.2. The molecule has 0 aliphatic heterocycles. The van der Waals surface area contributed by atoms with Crippen LogP contribution in [-0.2, 0) is 4.79 Å². The van der Waals surface area contributed by atoms with Crippen molar-refractivity contribution >= 4 is 39.4 Å². The van der Waals surface area contributed by atoms with E-state index in [1.165, 1.54) is 12.3 Å². The van der Waals surface area contributed by atoms with E-state index in [1.54, 1.807) is 12.1 Å². The van der Waals surface area contributed by atoms with Gasteiger partial charge in [0, 0.05) is 10.0 Å². The van der Waals surface area contributed by atoms with Crippen molar-refractivity contribution in [1.82, 2.24) is 5.43 Å². The van der Waals surface area contributed by atoms with Gasteiger partial charge in [-0.1, -0.05) is 28.1 Å². The van der Waals surface area contributed by atoms with Gasteiger partial charge in [0.25, 0.3) is 5.91 Å². The van der Waals surface area contributed by atoms with Gasteiger partial charge in [-0.3, -0.25) is 4.79 Å². The number of ether oxygens (including phenoxy) is 1. The number of hydrogen-bond acceptors (Lipinski definition) is 6. The third-order valence-electron chi connectivity index (χ3n) is 4.34. The molecule has 3 aromatic carbocycles. The third-order valence-corrected chi connectivity index (χ3v) is 4.83. The predicted molar refractivity (Wildman–Crippen MR) is 124 cm³/mol. The molecule has 0 spiro atoms. The van der Waals surface area contributed by atoms with Gasteiger partial charge in [0.05, 0.1) is 17.6 Å². The van der Waals surface area contributed by atoms with Crippen LogP contribution in [0.15, 0.2) is 80.5 Å². The first-order valence-corrected chi connectivity index (χ1v) is 10.2. The molecule has 0 aliphatic rings. The van der Waals surface area contributed by atoms with Crippen LogP contribution in [-0.4, -0.2) is 23.8 Å². The van der Waals surface area contributed by atoms with Crippen LogP contribution in [0.5, 0.6) is 11.5 Å². The summed E-state index contributed by atoms with van der Waals surface area (Å²) in [6, 6.07) is 17.8. The standard InChI is InChI=1S/C23H21BrN4O3/c1-15-6-8-21(10-16(15)2)31-14-23(30)28-25-13-17-11-20(7-9-22(17)29)27-26-19-5-3-4-18(24)12-19/h3-13,29H,14H2,1-2H3,(H,28,30)/b25-13-,27-26?. The summed E-state index contributed by atoms with van der Waals surface area (Å²) < 4.78 is 6.37. The molecule has 3 aromatic rings. The summed E-state index contributed by atoms with van der Waals surface area (Å²) in [5.74, 6) is 0.202. The molecule has 158 valence electrons. The number of nitrogens with zero attached hydrogens (tertiary/aromatic N) is 3. The smallest absolute Gasteiger partial charge is 0.277 e. The number of nitrogens with one attached hydrogen (secondary N) is 1. The number of aromatic hydroxyl groups is 1. The molecule has 0 saturated heterocycles. The van der Waals surface area contributed by atoms with Crippen LogP contribution < -0.4 is 10.2 Å². The Morgan fingerprint density at radius 1 is 1.03 bits per heavy atom. The van der Waals surface area contributed by atoms with Crippen molar-refractivity contribution in [3.05, 3.63) is 81.8 Å². The minimum absolute atomic E-state index is 0.00536. The summed E-state index contributed by atoms with van der Waals surface area (Å²) in [6.45, 7) is 3.81. The second kappa shape index (κ2) is 10.5. The van der Waals surface area contributed by atoms with E-state index in [-0.39, 0.29) is 12.4 Å². The third kappa shape index (κ3) is 6.75. The number of azo groups is 1. The Morgan fingerprint density at radius 2 is 1.81 bits per heavy atom. The molecule has 0 heterocycles. The molecule has 1 amide bonds. The van der Waals surface area contributed by atoms with Crippen LogP contribution in [0.2, 0.25) is 0 Å². The number of phenolic OH excluding ortho intramolecular Hbond substituents is 1. The first-order chi connectivity index (χ1) is 14.9. The SMILES string of the molecule is Cc1ccc(OCC(=O)N/N=C\c2cc(N=Nc3cccc(Br)c3)ccc2O)cc1C. The molecular formula is C23H21BrN4O3. The molecule has 0 saturated carbocycles. The van der Waals surface area contributed by atoms with Crippen molar-refractivity contribution in [2.75, 3.05) is 6.61 Å². The van der Waals surface area contributed by atoms with E-state index < -0.39 is 5.91 Å². The summed E-state index contributed by atoms with van der Waals surface area (Å²) in [5.41, 5.74) is 6.22. The van der Waals surface area contributed by atoms with E-state index in [0.717, 1.165) is 15.6 Å². The minimum Gasteiger partial charge on any atom is -0.507 e. The van der Waals surface area contributed by atoms with E-state index in [0.29, 0.717) is 22.7 Å². The Kier molecular flexibility index (Phi) is 7.50. The summed E-state index contributed by atoms with van der Waals surface area (Å²) >= 11 is 3.38. The van der Waals surface area contributed by atoms with E-state index in [4.69, 9.17) is 4.74 Å². The summed E-state index contributed by atoms with van der Waals surface area (Å²) in [4.78, 5) is 11.9. The predicted octanol–water partition coefficient (Wildman–Crippen LogP) is 5.72. The molecule has 0 aromatic heterocycles. The lowest BCUT2D eigenvalue weighted by atomic mass is 10.1. The first kappa shape index (κ1) is 22.2. The van der Waals surface area contributed by atoms with Gasteiger partial charge < -0.3 is 9.84 Å². The number of halogens is 1. The number of carbonyl (C=O) groups is 1. The fourth-order valence-electron chi connectivity index (χ4n) is 2.52. The summed E-state index contributed by atoms with van der Waals surface area (Å²) in [7, 11) is 0. The molecule has 2 N–H and O–H groups in total. The number of rotatable bonds is 7. The highest BCUT2D eigenvalue weighted by Crippen LogP contribution is 2.25. The van der Waals surface area contributed by atoms with Gasteiger partial charge in [0.1, 0.15) is 11.5 Å². The van der Waals surface area contributed by atoms with Crippen molar-refractivity contribution in [2.45, 2.75) is 13.8 Å². The molecule has 7 nitrogen and oxygen atoms in total. The Hall–Kier alpha value is -3.52. The van der Waals surface area contributed by atoms with Crippen molar-refractivity contribution in [2.24, 2.45) is 15.3 Å². The first-order valence-electron chi connectivity index (χ1n) is 9.43. The zero-order valence-corrected chi connectivity index (χ0v) is 18.6. The van der Waals surface area contributed by atoms with E-state index in [1.807, 2.05) is 56.3 Å². The number of phenols is 1. The van der Waals surface area contributed by atoms with Crippen molar-refractivity contribution in [1.29, 1.82) is 0 Å². The minimum atomic E-state index is -0.417. The van der Waals surface area contributed by atoms with Gasteiger partial charge in [-0.25, -0.2) is 5.43 Å². The number of amides is 1. The van der Waals surface area contributed by atoms with Gasteiger partial charge in [-0.05, 0) is 73.5 Å². The quantitative estimate of drug-likeness (QED) is 0.257. The van der Waals surface area contributed by atoms with Crippen LogP contribution >= 0.6 is 15.9 Å².